The third-order valence-corrected chi connectivity index (χ3v) is 5.81. The van der Waals surface area contributed by atoms with E-state index >= 15 is 0 Å². The molecule has 3 heterocycles. The number of amides is 1. The summed E-state index contributed by atoms with van der Waals surface area (Å²) in [5.74, 6) is -1.00. The Bertz CT molecular complexity index is 1090. The van der Waals surface area contributed by atoms with Crippen LogP contribution < -0.4 is 15.8 Å². The van der Waals surface area contributed by atoms with E-state index in [1.807, 2.05) is 0 Å². The number of hydrogen-bond donors (Lipinski definition) is 1. The van der Waals surface area contributed by atoms with Crippen LogP contribution in [-0.2, 0) is 11.3 Å². The van der Waals surface area contributed by atoms with E-state index in [0.717, 1.165) is 36.6 Å². The second-order valence-corrected chi connectivity index (χ2v) is 7.88. The highest BCUT2D eigenvalue weighted by Gasteiger charge is 2.18. The molecule has 1 N–H and O–H groups in total. The van der Waals surface area contributed by atoms with E-state index in [4.69, 9.17) is 0 Å². The summed E-state index contributed by atoms with van der Waals surface area (Å²) in [4.78, 5) is 35.9. The summed E-state index contributed by atoms with van der Waals surface area (Å²) in [7, 11) is 0. The minimum atomic E-state index is -0.511. The van der Waals surface area contributed by atoms with Gasteiger partial charge in [-0.15, -0.1) is 0 Å². The fourth-order valence-electron chi connectivity index (χ4n) is 3.23. The van der Waals surface area contributed by atoms with Crippen molar-refractivity contribution in [2.75, 3.05) is 23.3 Å². The van der Waals surface area contributed by atoms with Crippen LogP contribution >= 0.6 is 11.3 Å². The van der Waals surface area contributed by atoms with E-state index in [9.17, 15) is 14.0 Å². The monoisotopic (exact) mass is 401 g/mol. The molecule has 7 nitrogen and oxygen atoms in total. The van der Waals surface area contributed by atoms with Crippen molar-refractivity contribution in [2.24, 2.45) is 0 Å². The van der Waals surface area contributed by atoms with E-state index in [-0.39, 0.29) is 17.8 Å². The van der Waals surface area contributed by atoms with Crippen LogP contribution in [0.4, 0.5) is 15.2 Å². The van der Waals surface area contributed by atoms with Crippen molar-refractivity contribution in [1.29, 1.82) is 0 Å². The molecule has 1 aliphatic rings. The third kappa shape index (κ3) is 3.75. The number of fused-ring (bicyclic) bond motifs is 1. The van der Waals surface area contributed by atoms with E-state index in [1.165, 1.54) is 40.8 Å². The van der Waals surface area contributed by atoms with E-state index in [2.05, 4.69) is 20.2 Å². The minimum Gasteiger partial charge on any atom is -0.348 e. The molecular weight excluding hydrogens is 381 g/mol. The van der Waals surface area contributed by atoms with Gasteiger partial charge < -0.3 is 10.2 Å². The Balaban J connectivity index is 1.54. The summed E-state index contributed by atoms with van der Waals surface area (Å²) in [5, 5.41) is 3.29. The van der Waals surface area contributed by atoms with Gasteiger partial charge >= 0.3 is 0 Å². The summed E-state index contributed by atoms with van der Waals surface area (Å²) in [6.45, 7) is 3.38. The van der Waals surface area contributed by atoms with Crippen molar-refractivity contribution >= 4 is 38.4 Å². The van der Waals surface area contributed by atoms with Gasteiger partial charge in [0, 0.05) is 13.1 Å². The lowest BCUT2D eigenvalue weighted by Gasteiger charge is -2.25. The molecule has 0 bridgehead atoms. The summed E-state index contributed by atoms with van der Waals surface area (Å²) in [6, 6.07) is 4.55. The zero-order valence-corrected chi connectivity index (χ0v) is 16.3. The van der Waals surface area contributed by atoms with Gasteiger partial charge in [0.2, 0.25) is 5.91 Å². The molecule has 1 fully saturated rings. The molecule has 1 saturated heterocycles. The maximum Gasteiger partial charge on any atom is 0.273 e. The predicted octanol–water partition coefficient (Wildman–Crippen LogP) is 2.93. The van der Waals surface area contributed by atoms with Gasteiger partial charge in [-0.3, -0.25) is 14.2 Å². The zero-order valence-electron chi connectivity index (χ0n) is 15.4. The Hall–Kier alpha value is -2.81. The molecule has 0 saturated carbocycles. The van der Waals surface area contributed by atoms with Gasteiger partial charge in [0.1, 0.15) is 23.4 Å². The lowest BCUT2D eigenvalue weighted by Crippen LogP contribution is -2.29. The Morgan fingerprint density at radius 1 is 1.29 bits per heavy atom. The topological polar surface area (TPSA) is 80.1 Å². The number of halogens is 1. The molecule has 0 spiro atoms. The van der Waals surface area contributed by atoms with Gasteiger partial charge in [-0.25, -0.2) is 9.37 Å². The molecule has 4 rings (SSSR count). The molecule has 2 aromatic heterocycles. The third-order valence-electron chi connectivity index (χ3n) is 4.71. The van der Waals surface area contributed by atoms with Gasteiger partial charge in [0.05, 0.1) is 5.69 Å². The van der Waals surface area contributed by atoms with Crippen molar-refractivity contribution in [3.8, 4) is 0 Å². The van der Waals surface area contributed by atoms with Crippen LogP contribution in [-0.4, -0.2) is 33.5 Å². The molecule has 28 heavy (non-hydrogen) atoms. The van der Waals surface area contributed by atoms with Crippen LogP contribution in [0.1, 0.15) is 24.8 Å². The molecule has 3 aromatic rings. The number of nitrogens with zero attached hydrogens (tertiary/aromatic N) is 4. The quantitative estimate of drug-likeness (QED) is 0.727. The summed E-state index contributed by atoms with van der Waals surface area (Å²) in [5.41, 5.74) is 0.932. The summed E-state index contributed by atoms with van der Waals surface area (Å²) in [6.07, 6.45) is 4.76. The molecule has 1 aromatic carbocycles. The number of nitrogens with one attached hydrogen (secondary N) is 1. The summed E-state index contributed by atoms with van der Waals surface area (Å²) >= 11 is 1.31. The number of anilines is 2. The molecule has 0 radical (unpaired) electrons. The number of hydrogen-bond acceptors (Lipinski definition) is 6. The molecule has 1 amide bonds. The van der Waals surface area contributed by atoms with Crippen molar-refractivity contribution in [2.45, 2.75) is 32.7 Å². The Kier molecular flexibility index (Phi) is 5.08. The molecular formula is C19H20FN5O2S. The molecule has 0 aliphatic carbocycles. The highest BCUT2D eigenvalue weighted by atomic mass is 32.1. The number of piperidine rings is 1. The Morgan fingerprint density at radius 3 is 2.82 bits per heavy atom. The highest BCUT2D eigenvalue weighted by molar-refractivity contribution is 7.22. The second-order valence-electron chi connectivity index (χ2n) is 6.91. The van der Waals surface area contributed by atoms with Crippen LogP contribution in [0.5, 0.6) is 0 Å². The fraction of sp³-hybridized carbons (Fsp3) is 0.368. The normalized spacial score (nSPS) is 14.4. The Morgan fingerprint density at radius 2 is 2.07 bits per heavy atom. The standard InChI is InChI=1S/C19H20FN5O2S/c1-12-5-6-14(13(20)9-12)22-15(26)10-25-11-21-17-16(18(25)27)28-19(23-17)24-7-3-2-4-8-24/h5-6,9,11H,2-4,7-8,10H2,1H3,(H,22,26). The molecule has 146 valence electrons. The van der Waals surface area contributed by atoms with E-state index < -0.39 is 11.7 Å². The average Bonchev–Trinajstić information content (AvgIpc) is 3.12. The maximum absolute atomic E-state index is 13.9. The number of aryl methyl sites for hydroxylation is 1. The van der Waals surface area contributed by atoms with Gasteiger partial charge in [-0.2, -0.15) is 4.98 Å². The number of thiazole rings is 1. The highest BCUT2D eigenvalue weighted by Crippen LogP contribution is 2.27. The van der Waals surface area contributed by atoms with Crippen LogP contribution in [0.15, 0.2) is 29.3 Å². The van der Waals surface area contributed by atoms with Gasteiger partial charge in [0.15, 0.2) is 10.8 Å². The lowest BCUT2D eigenvalue weighted by atomic mass is 10.1. The zero-order chi connectivity index (χ0) is 19.7. The smallest absolute Gasteiger partial charge is 0.273 e. The largest absolute Gasteiger partial charge is 0.348 e. The van der Waals surface area contributed by atoms with Crippen molar-refractivity contribution in [3.63, 3.8) is 0 Å². The van der Waals surface area contributed by atoms with E-state index in [0.29, 0.717) is 10.3 Å². The molecule has 0 unspecified atom stereocenters. The van der Waals surface area contributed by atoms with Crippen LogP contribution in [0, 0.1) is 12.7 Å². The number of benzene rings is 1. The van der Waals surface area contributed by atoms with Crippen LogP contribution in [0.25, 0.3) is 10.3 Å². The molecule has 1 aliphatic heterocycles. The first-order chi connectivity index (χ1) is 13.5. The lowest BCUT2D eigenvalue weighted by molar-refractivity contribution is -0.116. The predicted molar refractivity (Wildman–Crippen MR) is 108 cm³/mol. The maximum atomic E-state index is 13.9. The molecule has 0 atom stereocenters. The first-order valence-corrected chi connectivity index (χ1v) is 10.00. The fourth-order valence-corrected chi connectivity index (χ4v) is 4.25. The van der Waals surface area contributed by atoms with Crippen molar-refractivity contribution in [1.82, 2.24) is 14.5 Å². The summed E-state index contributed by atoms with van der Waals surface area (Å²) < 4.78 is 15.6. The number of aromatic nitrogens is 3. The minimum absolute atomic E-state index is 0.0860. The van der Waals surface area contributed by atoms with Crippen LogP contribution in [0.2, 0.25) is 0 Å². The van der Waals surface area contributed by atoms with Crippen molar-refractivity contribution in [3.05, 3.63) is 46.3 Å². The first-order valence-electron chi connectivity index (χ1n) is 9.18. The molecule has 9 heteroatoms. The number of rotatable bonds is 4. The van der Waals surface area contributed by atoms with Gasteiger partial charge in [-0.1, -0.05) is 17.4 Å². The van der Waals surface area contributed by atoms with Gasteiger partial charge in [-0.05, 0) is 43.9 Å². The van der Waals surface area contributed by atoms with Crippen molar-refractivity contribution < 1.29 is 9.18 Å². The number of carbonyl (C=O) groups excluding carboxylic acids is 1. The van der Waals surface area contributed by atoms with E-state index in [1.54, 1.807) is 13.0 Å². The number of carbonyl (C=O) groups is 1. The average molecular weight is 401 g/mol. The Labute approximate surface area is 164 Å². The SMILES string of the molecule is Cc1ccc(NC(=O)Cn2cnc3nc(N4CCCCC4)sc3c2=O)c(F)c1. The second kappa shape index (κ2) is 7.67. The first kappa shape index (κ1) is 18.5. The van der Waals surface area contributed by atoms with Gasteiger partial charge in [0.25, 0.3) is 5.56 Å². The van der Waals surface area contributed by atoms with Crippen LogP contribution in [0.3, 0.4) is 0 Å².